The molecule has 4 nitrogen and oxygen atoms in total. The van der Waals surface area contributed by atoms with E-state index in [0.717, 1.165) is 25.1 Å². The molecule has 17 heavy (non-hydrogen) atoms. The first-order valence-electron chi connectivity index (χ1n) is 5.96. The first kappa shape index (κ1) is 11.9. The van der Waals surface area contributed by atoms with Crippen LogP contribution < -0.4 is 11.1 Å². The Labute approximate surface area is 102 Å². The van der Waals surface area contributed by atoms with Crippen molar-refractivity contribution in [3.63, 3.8) is 0 Å². The van der Waals surface area contributed by atoms with Gasteiger partial charge in [0.2, 0.25) is 5.91 Å². The zero-order valence-corrected chi connectivity index (χ0v) is 10.1. The van der Waals surface area contributed by atoms with Crippen LogP contribution in [0.2, 0.25) is 0 Å². The Hall–Kier alpha value is -1.55. The molecule has 1 fully saturated rings. The van der Waals surface area contributed by atoms with Crippen LogP contribution in [0, 0.1) is 0 Å². The van der Waals surface area contributed by atoms with E-state index in [0.29, 0.717) is 12.1 Å². The number of likely N-dealkylation sites (tertiary alicyclic amines) is 1. The van der Waals surface area contributed by atoms with E-state index >= 15 is 0 Å². The van der Waals surface area contributed by atoms with Crippen molar-refractivity contribution in [2.24, 2.45) is 0 Å². The Bertz CT molecular complexity index is 405. The summed E-state index contributed by atoms with van der Waals surface area (Å²) in [5.74, 6) is 0.0585. The normalized spacial score (nSPS) is 20.4. The molecular weight excluding hydrogens is 214 g/mol. The second-order valence-corrected chi connectivity index (χ2v) is 4.69. The molecule has 1 aromatic carbocycles. The molecule has 92 valence electrons. The molecule has 1 saturated heterocycles. The molecule has 1 aromatic rings. The van der Waals surface area contributed by atoms with Gasteiger partial charge in [-0.3, -0.25) is 4.79 Å². The van der Waals surface area contributed by atoms with Gasteiger partial charge in [-0.2, -0.15) is 0 Å². The van der Waals surface area contributed by atoms with Gasteiger partial charge in [0.1, 0.15) is 0 Å². The lowest BCUT2D eigenvalue weighted by molar-refractivity contribution is -0.121. The summed E-state index contributed by atoms with van der Waals surface area (Å²) < 4.78 is 0. The summed E-state index contributed by atoms with van der Waals surface area (Å²) in [7, 11) is 2.07. The Morgan fingerprint density at radius 2 is 2.29 bits per heavy atom. The minimum Gasteiger partial charge on any atom is -0.398 e. The Kier molecular flexibility index (Phi) is 3.64. The van der Waals surface area contributed by atoms with Gasteiger partial charge in [0.05, 0.1) is 6.42 Å². The molecule has 2 rings (SSSR count). The van der Waals surface area contributed by atoms with E-state index in [2.05, 4.69) is 17.3 Å². The van der Waals surface area contributed by atoms with Crippen molar-refractivity contribution >= 4 is 11.6 Å². The minimum atomic E-state index is 0.0585. The molecule has 0 spiro atoms. The quantitative estimate of drug-likeness (QED) is 0.753. The van der Waals surface area contributed by atoms with E-state index in [9.17, 15) is 4.79 Å². The first-order chi connectivity index (χ1) is 8.15. The Morgan fingerprint density at radius 1 is 1.53 bits per heavy atom. The third-order valence-corrected chi connectivity index (χ3v) is 3.16. The van der Waals surface area contributed by atoms with Crippen molar-refractivity contribution < 1.29 is 4.79 Å². The number of amides is 1. The van der Waals surface area contributed by atoms with E-state index in [1.54, 1.807) is 0 Å². The zero-order chi connectivity index (χ0) is 12.3. The number of rotatable bonds is 3. The molecule has 1 atom stereocenters. The van der Waals surface area contributed by atoms with Gasteiger partial charge in [0, 0.05) is 18.3 Å². The number of hydrogen-bond donors (Lipinski definition) is 2. The number of nitrogens with zero attached hydrogens (tertiary/aromatic N) is 1. The molecule has 4 heteroatoms. The van der Waals surface area contributed by atoms with Crippen molar-refractivity contribution in [1.29, 1.82) is 0 Å². The van der Waals surface area contributed by atoms with Crippen LogP contribution in [0.3, 0.4) is 0 Å². The number of likely N-dealkylation sites (N-methyl/N-ethyl adjacent to an activating group) is 1. The Balaban J connectivity index is 1.87. The van der Waals surface area contributed by atoms with Crippen LogP contribution in [-0.2, 0) is 11.2 Å². The lowest BCUT2D eigenvalue weighted by Gasteiger charge is -2.13. The van der Waals surface area contributed by atoms with E-state index in [1.807, 2.05) is 24.3 Å². The number of nitrogens with one attached hydrogen (secondary N) is 1. The van der Waals surface area contributed by atoms with Crippen LogP contribution in [0.15, 0.2) is 24.3 Å². The molecule has 1 aliphatic heterocycles. The summed E-state index contributed by atoms with van der Waals surface area (Å²) in [6.07, 6.45) is 1.40. The predicted molar refractivity (Wildman–Crippen MR) is 68.6 cm³/mol. The molecule has 3 N–H and O–H groups in total. The zero-order valence-electron chi connectivity index (χ0n) is 10.1. The van der Waals surface area contributed by atoms with Gasteiger partial charge in [-0.1, -0.05) is 18.2 Å². The topological polar surface area (TPSA) is 58.4 Å². The van der Waals surface area contributed by atoms with Crippen LogP contribution in [0.5, 0.6) is 0 Å². The molecule has 1 aliphatic rings. The number of nitrogen functional groups attached to an aromatic ring is 1. The monoisotopic (exact) mass is 233 g/mol. The van der Waals surface area contributed by atoms with Crippen LogP contribution >= 0.6 is 0 Å². The highest BCUT2D eigenvalue weighted by Gasteiger charge is 2.21. The van der Waals surface area contributed by atoms with Gasteiger partial charge in [-0.25, -0.2) is 0 Å². The number of carbonyl (C=O) groups excluding carboxylic acids is 1. The number of benzene rings is 1. The average molecular weight is 233 g/mol. The molecule has 1 unspecified atom stereocenters. The summed E-state index contributed by atoms with van der Waals surface area (Å²) in [6, 6.07) is 7.80. The van der Waals surface area contributed by atoms with E-state index < -0.39 is 0 Å². The highest BCUT2D eigenvalue weighted by molar-refractivity contribution is 5.80. The summed E-state index contributed by atoms with van der Waals surface area (Å²) in [5.41, 5.74) is 7.40. The standard InChI is InChI=1S/C13H19N3O/c1-16-7-6-11(9-16)15-13(17)8-10-4-2-3-5-12(10)14/h2-5,11H,6-9,14H2,1H3,(H,15,17). The summed E-state index contributed by atoms with van der Waals surface area (Å²) >= 11 is 0. The molecular formula is C13H19N3O. The van der Waals surface area contributed by atoms with Crippen molar-refractivity contribution in [2.75, 3.05) is 25.9 Å². The van der Waals surface area contributed by atoms with Crippen molar-refractivity contribution in [3.8, 4) is 0 Å². The van der Waals surface area contributed by atoms with E-state index in [-0.39, 0.29) is 11.9 Å². The van der Waals surface area contributed by atoms with E-state index in [4.69, 9.17) is 5.73 Å². The van der Waals surface area contributed by atoms with Gasteiger partial charge in [0.25, 0.3) is 0 Å². The fourth-order valence-electron chi connectivity index (χ4n) is 2.20. The second-order valence-electron chi connectivity index (χ2n) is 4.69. The smallest absolute Gasteiger partial charge is 0.224 e. The highest BCUT2D eigenvalue weighted by atomic mass is 16.1. The van der Waals surface area contributed by atoms with Crippen molar-refractivity contribution in [3.05, 3.63) is 29.8 Å². The molecule has 0 aromatic heterocycles. The third-order valence-electron chi connectivity index (χ3n) is 3.16. The number of hydrogen-bond acceptors (Lipinski definition) is 3. The summed E-state index contributed by atoms with van der Waals surface area (Å²) in [4.78, 5) is 14.1. The predicted octanol–water partition coefficient (Wildman–Crippen LogP) is 0.632. The fraction of sp³-hybridized carbons (Fsp3) is 0.462. The fourth-order valence-corrected chi connectivity index (χ4v) is 2.20. The van der Waals surface area contributed by atoms with Gasteiger partial charge in [-0.05, 0) is 31.6 Å². The highest BCUT2D eigenvalue weighted by Crippen LogP contribution is 2.12. The van der Waals surface area contributed by atoms with Gasteiger partial charge >= 0.3 is 0 Å². The first-order valence-corrected chi connectivity index (χ1v) is 5.96. The molecule has 0 bridgehead atoms. The maximum atomic E-state index is 11.8. The molecule has 1 heterocycles. The molecule has 0 aliphatic carbocycles. The lowest BCUT2D eigenvalue weighted by atomic mass is 10.1. The van der Waals surface area contributed by atoms with Crippen molar-refractivity contribution in [2.45, 2.75) is 18.9 Å². The van der Waals surface area contributed by atoms with Gasteiger partial charge < -0.3 is 16.0 Å². The molecule has 0 radical (unpaired) electrons. The third kappa shape index (κ3) is 3.20. The number of nitrogens with two attached hydrogens (primary N) is 1. The number of anilines is 1. The van der Waals surface area contributed by atoms with Crippen LogP contribution in [-0.4, -0.2) is 37.0 Å². The van der Waals surface area contributed by atoms with Crippen molar-refractivity contribution in [1.82, 2.24) is 10.2 Å². The SMILES string of the molecule is CN1CCC(NC(=O)Cc2ccccc2N)C1. The summed E-state index contributed by atoms with van der Waals surface area (Å²) in [6.45, 7) is 1.99. The minimum absolute atomic E-state index is 0.0585. The number of para-hydroxylation sites is 1. The maximum Gasteiger partial charge on any atom is 0.224 e. The largest absolute Gasteiger partial charge is 0.398 e. The van der Waals surface area contributed by atoms with Gasteiger partial charge in [-0.15, -0.1) is 0 Å². The average Bonchev–Trinajstić information content (AvgIpc) is 2.67. The van der Waals surface area contributed by atoms with Crippen LogP contribution in [0.4, 0.5) is 5.69 Å². The van der Waals surface area contributed by atoms with E-state index in [1.165, 1.54) is 0 Å². The number of carbonyl (C=O) groups is 1. The second kappa shape index (κ2) is 5.19. The summed E-state index contributed by atoms with van der Waals surface area (Å²) in [5, 5.41) is 3.05. The van der Waals surface area contributed by atoms with Crippen LogP contribution in [0.1, 0.15) is 12.0 Å². The molecule has 0 saturated carbocycles. The van der Waals surface area contributed by atoms with Crippen LogP contribution in [0.25, 0.3) is 0 Å². The Morgan fingerprint density at radius 3 is 2.94 bits per heavy atom. The lowest BCUT2D eigenvalue weighted by Crippen LogP contribution is -2.37. The van der Waals surface area contributed by atoms with Gasteiger partial charge in [0.15, 0.2) is 0 Å². The maximum absolute atomic E-state index is 11.8. The molecule has 1 amide bonds.